The molecule has 20 heavy (non-hydrogen) atoms. The van der Waals surface area contributed by atoms with Crippen molar-refractivity contribution in [3.63, 3.8) is 0 Å². The number of sulfonamides is 1. The Morgan fingerprint density at radius 2 is 1.80 bits per heavy atom. The van der Waals surface area contributed by atoms with Gasteiger partial charge in [-0.15, -0.1) is 0 Å². The topological polar surface area (TPSA) is 97.5 Å². The summed E-state index contributed by atoms with van der Waals surface area (Å²) in [6, 6.07) is 6.76. The van der Waals surface area contributed by atoms with Gasteiger partial charge in [0.15, 0.2) is 0 Å². The number of carbonyl (C=O) groups is 1. The van der Waals surface area contributed by atoms with E-state index >= 15 is 0 Å². The molecular formula is C14H19NO4S. The summed E-state index contributed by atoms with van der Waals surface area (Å²) in [5, 5.41) is 14.2. The Morgan fingerprint density at radius 3 is 2.35 bits per heavy atom. The lowest BCUT2D eigenvalue weighted by molar-refractivity contribution is -0.143. The number of benzene rings is 1. The van der Waals surface area contributed by atoms with Crippen molar-refractivity contribution in [3.8, 4) is 0 Å². The van der Waals surface area contributed by atoms with Gasteiger partial charge in [0.25, 0.3) is 0 Å². The Labute approximate surface area is 118 Å². The predicted molar refractivity (Wildman–Crippen MR) is 74.6 cm³/mol. The second-order valence-electron chi connectivity index (χ2n) is 5.41. The second-order valence-corrected chi connectivity index (χ2v) is 6.94. The lowest BCUT2D eigenvalue weighted by Gasteiger charge is -2.26. The van der Waals surface area contributed by atoms with Crippen LogP contribution in [0.25, 0.3) is 0 Å². The SMILES string of the molecule is NS(=O)(=O)c1ccccc1CC1CCC(C(=O)O)CC1. The first kappa shape index (κ1) is 15.0. The first-order chi connectivity index (χ1) is 9.38. The fraction of sp³-hybridized carbons (Fsp3) is 0.500. The smallest absolute Gasteiger partial charge is 0.306 e. The van der Waals surface area contributed by atoms with E-state index in [0.29, 0.717) is 25.2 Å². The number of carboxylic acids is 1. The van der Waals surface area contributed by atoms with Crippen molar-refractivity contribution < 1.29 is 18.3 Å². The summed E-state index contributed by atoms with van der Waals surface area (Å²) in [6.07, 6.45) is 3.60. The molecule has 0 bridgehead atoms. The summed E-state index contributed by atoms with van der Waals surface area (Å²) in [5.74, 6) is -0.651. The minimum Gasteiger partial charge on any atom is -0.481 e. The molecule has 0 amide bonds. The van der Waals surface area contributed by atoms with Crippen molar-refractivity contribution >= 4 is 16.0 Å². The van der Waals surface area contributed by atoms with E-state index in [0.717, 1.165) is 18.4 Å². The van der Waals surface area contributed by atoms with Gasteiger partial charge in [-0.25, -0.2) is 13.6 Å². The van der Waals surface area contributed by atoms with Crippen LogP contribution in [0.4, 0.5) is 0 Å². The van der Waals surface area contributed by atoms with Crippen LogP contribution in [0.5, 0.6) is 0 Å². The Hall–Kier alpha value is -1.40. The highest BCUT2D eigenvalue weighted by Crippen LogP contribution is 2.32. The number of rotatable bonds is 4. The number of carboxylic acid groups (broad SMARTS) is 1. The molecule has 0 saturated heterocycles. The molecule has 0 aliphatic heterocycles. The van der Waals surface area contributed by atoms with Gasteiger partial charge >= 0.3 is 5.97 Å². The van der Waals surface area contributed by atoms with E-state index in [1.54, 1.807) is 18.2 Å². The van der Waals surface area contributed by atoms with E-state index in [1.807, 2.05) is 0 Å². The van der Waals surface area contributed by atoms with Crippen molar-refractivity contribution in [1.29, 1.82) is 0 Å². The molecule has 2 rings (SSSR count). The first-order valence-electron chi connectivity index (χ1n) is 6.71. The number of hydrogen-bond acceptors (Lipinski definition) is 3. The number of primary sulfonamides is 1. The molecule has 0 heterocycles. The lowest BCUT2D eigenvalue weighted by atomic mass is 9.79. The van der Waals surface area contributed by atoms with Crippen LogP contribution >= 0.6 is 0 Å². The van der Waals surface area contributed by atoms with Gasteiger partial charge in [-0.1, -0.05) is 18.2 Å². The van der Waals surface area contributed by atoms with Gasteiger partial charge in [-0.3, -0.25) is 4.79 Å². The fourth-order valence-corrected chi connectivity index (χ4v) is 3.66. The normalized spacial score (nSPS) is 23.4. The van der Waals surface area contributed by atoms with E-state index in [9.17, 15) is 13.2 Å². The van der Waals surface area contributed by atoms with E-state index in [2.05, 4.69) is 0 Å². The molecule has 5 nitrogen and oxygen atoms in total. The quantitative estimate of drug-likeness (QED) is 0.885. The molecule has 0 aromatic heterocycles. The summed E-state index contributed by atoms with van der Waals surface area (Å²) in [7, 11) is -3.70. The average Bonchev–Trinajstić information content (AvgIpc) is 2.38. The molecule has 1 saturated carbocycles. The minimum absolute atomic E-state index is 0.181. The molecule has 6 heteroatoms. The molecule has 1 aliphatic carbocycles. The summed E-state index contributed by atoms with van der Waals surface area (Å²) >= 11 is 0. The predicted octanol–water partition coefficient (Wildman–Crippen LogP) is 1.77. The lowest BCUT2D eigenvalue weighted by Crippen LogP contribution is -2.23. The molecule has 0 atom stereocenters. The molecule has 1 aromatic rings. The minimum atomic E-state index is -3.70. The van der Waals surface area contributed by atoms with Crippen molar-refractivity contribution in [2.24, 2.45) is 17.0 Å². The summed E-state index contributed by atoms with van der Waals surface area (Å²) in [5.41, 5.74) is 0.730. The Morgan fingerprint density at radius 1 is 1.20 bits per heavy atom. The van der Waals surface area contributed by atoms with Crippen LogP contribution in [0.3, 0.4) is 0 Å². The maximum absolute atomic E-state index is 11.5. The monoisotopic (exact) mass is 297 g/mol. The van der Waals surface area contributed by atoms with Crippen LogP contribution in [0, 0.1) is 11.8 Å². The zero-order valence-electron chi connectivity index (χ0n) is 11.2. The third-order valence-electron chi connectivity index (χ3n) is 3.98. The fourth-order valence-electron chi connectivity index (χ4n) is 2.87. The van der Waals surface area contributed by atoms with Crippen LogP contribution in [-0.4, -0.2) is 19.5 Å². The van der Waals surface area contributed by atoms with Crippen molar-refractivity contribution in [1.82, 2.24) is 0 Å². The molecular weight excluding hydrogens is 278 g/mol. The van der Waals surface area contributed by atoms with Crippen molar-refractivity contribution in [2.75, 3.05) is 0 Å². The zero-order valence-corrected chi connectivity index (χ0v) is 12.0. The Kier molecular flexibility index (Phi) is 4.45. The molecule has 1 fully saturated rings. The largest absolute Gasteiger partial charge is 0.481 e. The van der Waals surface area contributed by atoms with Gasteiger partial charge in [0, 0.05) is 0 Å². The van der Waals surface area contributed by atoms with Crippen LogP contribution in [0.1, 0.15) is 31.2 Å². The maximum atomic E-state index is 11.5. The van der Waals surface area contributed by atoms with Gasteiger partial charge in [-0.2, -0.15) is 0 Å². The van der Waals surface area contributed by atoms with Gasteiger partial charge < -0.3 is 5.11 Å². The highest BCUT2D eigenvalue weighted by molar-refractivity contribution is 7.89. The maximum Gasteiger partial charge on any atom is 0.306 e. The summed E-state index contributed by atoms with van der Waals surface area (Å²) in [4.78, 5) is 11.1. The zero-order chi connectivity index (χ0) is 14.8. The number of aliphatic carboxylic acids is 1. The van der Waals surface area contributed by atoms with Crippen LogP contribution in [0.15, 0.2) is 29.2 Å². The third-order valence-corrected chi connectivity index (χ3v) is 5.00. The van der Waals surface area contributed by atoms with Gasteiger partial charge in [0.05, 0.1) is 10.8 Å². The van der Waals surface area contributed by atoms with E-state index in [4.69, 9.17) is 10.2 Å². The summed E-state index contributed by atoms with van der Waals surface area (Å²) < 4.78 is 23.1. The molecule has 110 valence electrons. The highest BCUT2D eigenvalue weighted by Gasteiger charge is 2.27. The molecule has 0 unspecified atom stereocenters. The van der Waals surface area contributed by atoms with Crippen LogP contribution in [-0.2, 0) is 21.2 Å². The van der Waals surface area contributed by atoms with Crippen LogP contribution < -0.4 is 5.14 Å². The van der Waals surface area contributed by atoms with Crippen LogP contribution in [0.2, 0.25) is 0 Å². The number of nitrogens with two attached hydrogens (primary N) is 1. The van der Waals surface area contributed by atoms with Crippen molar-refractivity contribution in [3.05, 3.63) is 29.8 Å². The molecule has 1 aromatic carbocycles. The average molecular weight is 297 g/mol. The standard InChI is InChI=1S/C14H19NO4S/c15-20(18,19)13-4-2-1-3-12(13)9-10-5-7-11(8-6-10)14(16)17/h1-4,10-11H,5-9H2,(H,16,17)(H2,15,18,19). The van der Waals surface area contributed by atoms with E-state index in [-0.39, 0.29) is 10.8 Å². The van der Waals surface area contributed by atoms with E-state index in [1.165, 1.54) is 6.07 Å². The number of hydrogen-bond donors (Lipinski definition) is 2. The van der Waals surface area contributed by atoms with Gasteiger partial charge in [-0.05, 0) is 49.7 Å². The van der Waals surface area contributed by atoms with Crippen molar-refractivity contribution in [2.45, 2.75) is 37.0 Å². The van der Waals surface area contributed by atoms with Gasteiger partial charge in [0.2, 0.25) is 10.0 Å². The first-order valence-corrected chi connectivity index (χ1v) is 8.26. The molecule has 0 radical (unpaired) electrons. The third kappa shape index (κ3) is 3.58. The summed E-state index contributed by atoms with van der Waals surface area (Å²) in [6.45, 7) is 0. The van der Waals surface area contributed by atoms with Gasteiger partial charge in [0.1, 0.15) is 0 Å². The molecule has 0 spiro atoms. The molecule has 1 aliphatic rings. The van der Waals surface area contributed by atoms with E-state index < -0.39 is 16.0 Å². The molecule has 3 N–H and O–H groups in total. The Balaban J connectivity index is 2.07. The highest BCUT2D eigenvalue weighted by atomic mass is 32.2. The second kappa shape index (κ2) is 5.93. The Bertz CT molecular complexity index is 589.